The Hall–Kier alpha value is -2.18. The Morgan fingerprint density at radius 2 is 1.82 bits per heavy atom. The molecule has 1 atom stereocenters. The molecule has 0 spiro atoms. The molecule has 144 valence electrons. The number of hydrogen-bond acceptors (Lipinski definition) is 3. The summed E-state index contributed by atoms with van der Waals surface area (Å²) in [5, 5.41) is 13.3. The van der Waals surface area contributed by atoms with Gasteiger partial charge in [-0.2, -0.15) is 0 Å². The molecule has 0 aliphatic carbocycles. The van der Waals surface area contributed by atoms with Crippen molar-refractivity contribution in [2.45, 2.75) is 19.3 Å². The van der Waals surface area contributed by atoms with Crippen LogP contribution < -0.4 is 5.56 Å². The van der Waals surface area contributed by atoms with Crippen molar-refractivity contribution in [2.75, 3.05) is 0 Å². The van der Waals surface area contributed by atoms with Gasteiger partial charge in [0.1, 0.15) is 0 Å². The molecule has 0 aliphatic rings. The highest BCUT2D eigenvalue weighted by molar-refractivity contribution is 9.10. The van der Waals surface area contributed by atoms with Crippen LogP contribution in [0.2, 0.25) is 0 Å². The number of oxime groups is 1. The monoisotopic (exact) mass is 502 g/mol. The van der Waals surface area contributed by atoms with Gasteiger partial charge in [-0.1, -0.05) is 57.5 Å². The van der Waals surface area contributed by atoms with Gasteiger partial charge in [0.15, 0.2) is 0 Å². The van der Waals surface area contributed by atoms with Crippen LogP contribution in [0, 0.1) is 6.92 Å². The molecular weight excluding hydrogens is 484 g/mol. The molecule has 0 fully saturated rings. The standard InChI is InChI=1S/C22H20Br2N2O2/c1-14-5-3-4-6-18(14)19(15-7-9-17(23)10-8-15)12-21(25-28)16-11-20(24)22(27)26(2)13-16/h3-11,13,19,28H,12H2,1-2H3/b25-21-/t19-/m1/s1. The molecule has 3 rings (SSSR count). The molecule has 4 nitrogen and oxygen atoms in total. The molecule has 0 bridgehead atoms. The number of benzene rings is 2. The van der Waals surface area contributed by atoms with Gasteiger partial charge in [-0.3, -0.25) is 4.79 Å². The van der Waals surface area contributed by atoms with Crippen LogP contribution >= 0.6 is 31.9 Å². The SMILES string of the molecule is Cc1ccccc1[C@H](C/C(=N/O)c1cc(Br)c(=O)n(C)c1)c1ccc(Br)cc1. The number of aryl methyl sites for hydroxylation is 2. The lowest BCUT2D eigenvalue weighted by Gasteiger charge is -2.21. The van der Waals surface area contributed by atoms with Crippen molar-refractivity contribution >= 4 is 37.6 Å². The van der Waals surface area contributed by atoms with Gasteiger partial charge < -0.3 is 9.77 Å². The fraction of sp³-hybridized carbons (Fsp3) is 0.182. The van der Waals surface area contributed by atoms with Crippen LogP contribution in [0.25, 0.3) is 0 Å². The maximum absolute atomic E-state index is 12.0. The van der Waals surface area contributed by atoms with Crippen LogP contribution in [0.1, 0.15) is 34.6 Å². The molecular formula is C22H20Br2N2O2. The van der Waals surface area contributed by atoms with Gasteiger partial charge in [0.25, 0.3) is 5.56 Å². The summed E-state index contributed by atoms with van der Waals surface area (Å²) in [6.45, 7) is 2.08. The van der Waals surface area contributed by atoms with E-state index in [2.05, 4.69) is 68.2 Å². The lowest BCUT2D eigenvalue weighted by Crippen LogP contribution is -2.20. The minimum atomic E-state index is -0.135. The van der Waals surface area contributed by atoms with E-state index in [4.69, 9.17) is 0 Å². The van der Waals surface area contributed by atoms with Crippen molar-refractivity contribution in [1.82, 2.24) is 4.57 Å². The summed E-state index contributed by atoms with van der Waals surface area (Å²) in [7, 11) is 1.68. The normalized spacial score (nSPS) is 12.8. The van der Waals surface area contributed by atoms with Gasteiger partial charge in [0.05, 0.1) is 10.2 Å². The Kier molecular flexibility index (Phi) is 6.52. The van der Waals surface area contributed by atoms with Crippen molar-refractivity contribution in [3.63, 3.8) is 0 Å². The third kappa shape index (κ3) is 4.45. The predicted octanol–water partition coefficient (Wildman–Crippen LogP) is 5.62. The number of halogens is 2. The average Bonchev–Trinajstić information content (AvgIpc) is 2.68. The Morgan fingerprint density at radius 3 is 2.43 bits per heavy atom. The number of aromatic nitrogens is 1. The fourth-order valence-corrected chi connectivity index (χ4v) is 4.11. The van der Waals surface area contributed by atoms with E-state index in [0.29, 0.717) is 22.2 Å². The van der Waals surface area contributed by atoms with Crippen LogP contribution in [0.4, 0.5) is 0 Å². The van der Waals surface area contributed by atoms with Crippen molar-refractivity contribution in [2.24, 2.45) is 12.2 Å². The van der Waals surface area contributed by atoms with E-state index < -0.39 is 0 Å². The maximum atomic E-state index is 12.0. The third-order valence-electron chi connectivity index (χ3n) is 4.83. The fourth-order valence-electron chi connectivity index (χ4n) is 3.32. The van der Waals surface area contributed by atoms with Crippen molar-refractivity contribution in [3.05, 3.63) is 102 Å². The average molecular weight is 504 g/mol. The molecule has 0 saturated heterocycles. The summed E-state index contributed by atoms with van der Waals surface area (Å²) in [6.07, 6.45) is 2.19. The second-order valence-electron chi connectivity index (χ2n) is 6.70. The van der Waals surface area contributed by atoms with E-state index in [-0.39, 0.29) is 11.5 Å². The molecule has 6 heteroatoms. The summed E-state index contributed by atoms with van der Waals surface area (Å²) >= 11 is 6.78. The summed E-state index contributed by atoms with van der Waals surface area (Å²) in [6, 6.07) is 18.1. The molecule has 0 radical (unpaired) electrons. The molecule has 28 heavy (non-hydrogen) atoms. The van der Waals surface area contributed by atoms with E-state index in [9.17, 15) is 10.0 Å². The summed E-state index contributed by atoms with van der Waals surface area (Å²) in [4.78, 5) is 12.0. The number of hydrogen-bond donors (Lipinski definition) is 1. The highest BCUT2D eigenvalue weighted by Crippen LogP contribution is 2.32. The Labute approximate surface area is 180 Å². The summed E-state index contributed by atoms with van der Waals surface area (Å²) < 4.78 is 2.93. The Bertz CT molecular complexity index is 1050. The highest BCUT2D eigenvalue weighted by atomic mass is 79.9. The zero-order valence-corrected chi connectivity index (χ0v) is 18.7. The molecule has 3 aromatic rings. The van der Waals surface area contributed by atoms with Gasteiger partial charge in [0.2, 0.25) is 0 Å². The van der Waals surface area contributed by atoms with Crippen LogP contribution in [0.15, 0.2) is 79.7 Å². The van der Waals surface area contributed by atoms with E-state index in [1.165, 1.54) is 15.7 Å². The molecule has 1 heterocycles. The van der Waals surface area contributed by atoms with Crippen LogP contribution in [-0.2, 0) is 7.05 Å². The first kappa shape index (κ1) is 20.6. The largest absolute Gasteiger partial charge is 0.411 e. The second kappa shape index (κ2) is 8.88. The molecule has 2 aromatic carbocycles. The van der Waals surface area contributed by atoms with Crippen LogP contribution in [0.3, 0.4) is 0 Å². The molecule has 1 N–H and O–H groups in total. The van der Waals surface area contributed by atoms with Crippen LogP contribution in [-0.4, -0.2) is 15.5 Å². The second-order valence-corrected chi connectivity index (χ2v) is 8.47. The minimum Gasteiger partial charge on any atom is -0.411 e. The first-order valence-electron chi connectivity index (χ1n) is 8.79. The van der Waals surface area contributed by atoms with Gasteiger partial charge in [-0.15, -0.1) is 0 Å². The number of rotatable bonds is 5. The van der Waals surface area contributed by atoms with Gasteiger partial charge in [-0.05, 0) is 57.7 Å². The number of pyridine rings is 1. The van der Waals surface area contributed by atoms with Crippen molar-refractivity contribution in [1.29, 1.82) is 0 Å². The van der Waals surface area contributed by atoms with E-state index in [0.717, 1.165) is 10.0 Å². The van der Waals surface area contributed by atoms with Crippen molar-refractivity contribution < 1.29 is 5.21 Å². The minimum absolute atomic E-state index is 0.0104. The Balaban J connectivity index is 2.07. The van der Waals surface area contributed by atoms with Gasteiger partial charge in [0, 0.05) is 35.6 Å². The molecule has 1 aromatic heterocycles. The first-order valence-corrected chi connectivity index (χ1v) is 10.4. The van der Waals surface area contributed by atoms with Gasteiger partial charge >= 0.3 is 0 Å². The summed E-state index contributed by atoms with van der Waals surface area (Å²) in [5.41, 5.74) is 4.57. The maximum Gasteiger partial charge on any atom is 0.264 e. The topological polar surface area (TPSA) is 54.6 Å². The smallest absolute Gasteiger partial charge is 0.264 e. The molecule has 0 amide bonds. The quantitative estimate of drug-likeness (QED) is 0.279. The highest BCUT2D eigenvalue weighted by Gasteiger charge is 2.21. The lowest BCUT2D eigenvalue weighted by atomic mass is 9.83. The molecule has 0 saturated carbocycles. The lowest BCUT2D eigenvalue weighted by molar-refractivity contribution is 0.317. The van der Waals surface area contributed by atoms with Gasteiger partial charge in [-0.25, -0.2) is 0 Å². The van der Waals surface area contributed by atoms with Crippen molar-refractivity contribution in [3.8, 4) is 0 Å². The van der Waals surface area contributed by atoms with E-state index >= 15 is 0 Å². The number of nitrogens with zero attached hydrogens (tertiary/aromatic N) is 2. The van der Waals surface area contributed by atoms with E-state index in [1.807, 2.05) is 24.3 Å². The van der Waals surface area contributed by atoms with Crippen LogP contribution in [0.5, 0.6) is 0 Å². The summed E-state index contributed by atoms with van der Waals surface area (Å²) in [5.74, 6) is 0.0104. The zero-order chi connectivity index (χ0) is 20.3. The molecule has 0 unspecified atom stereocenters. The van der Waals surface area contributed by atoms with E-state index in [1.54, 1.807) is 19.3 Å². The molecule has 0 aliphatic heterocycles. The Morgan fingerprint density at radius 1 is 1.14 bits per heavy atom. The first-order chi connectivity index (χ1) is 13.4. The predicted molar refractivity (Wildman–Crippen MR) is 119 cm³/mol. The third-order valence-corrected chi connectivity index (χ3v) is 5.92. The zero-order valence-electron chi connectivity index (χ0n) is 15.6.